The molecule has 0 radical (unpaired) electrons. The van der Waals surface area contributed by atoms with Crippen LogP contribution in [0.1, 0.15) is 42.3 Å². The monoisotopic (exact) mass is 322 g/mol. The number of carbonyl (C=O) groups excluding carboxylic acids is 1. The van der Waals surface area contributed by atoms with Crippen LogP contribution in [0.4, 0.5) is 0 Å². The molecule has 0 saturated carbocycles. The summed E-state index contributed by atoms with van der Waals surface area (Å²) in [4.78, 5) is 12.3. The standard InChI is InChI=1S/C15H15BrOS/c1-15(2,3)11-6-4-10(5-7-11)14(17)12-8-18-9-13(12)16/h4-9H,1-3H3. The van der Waals surface area contributed by atoms with Gasteiger partial charge in [0.1, 0.15) is 0 Å². The molecule has 1 aromatic heterocycles. The average Bonchev–Trinajstić information content (AvgIpc) is 2.73. The summed E-state index contributed by atoms with van der Waals surface area (Å²) in [6.45, 7) is 6.50. The van der Waals surface area contributed by atoms with E-state index in [1.54, 1.807) is 0 Å². The molecule has 0 atom stereocenters. The van der Waals surface area contributed by atoms with Crippen molar-refractivity contribution < 1.29 is 4.79 Å². The summed E-state index contributed by atoms with van der Waals surface area (Å²) in [5.74, 6) is 0.0728. The lowest BCUT2D eigenvalue weighted by Crippen LogP contribution is -2.11. The molecule has 94 valence electrons. The van der Waals surface area contributed by atoms with E-state index in [-0.39, 0.29) is 11.2 Å². The molecule has 1 nitrogen and oxygen atoms in total. The molecule has 0 saturated heterocycles. The van der Waals surface area contributed by atoms with E-state index in [9.17, 15) is 4.79 Å². The van der Waals surface area contributed by atoms with Crippen molar-refractivity contribution in [3.63, 3.8) is 0 Å². The summed E-state index contributed by atoms with van der Waals surface area (Å²) in [5, 5.41) is 3.81. The van der Waals surface area contributed by atoms with Crippen molar-refractivity contribution in [2.75, 3.05) is 0 Å². The van der Waals surface area contributed by atoms with Crippen LogP contribution in [0.15, 0.2) is 39.5 Å². The molecule has 18 heavy (non-hydrogen) atoms. The fraction of sp³-hybridized carbons (Fsp3) is 0.267. The number of rotatable bonds is 2. The first kappa shape index (κ1) is 13.5. The molecule has 0 bridgehead atoms. The van der Waals surface area contributed by atoms with Gasteiger partial charge in [-0.05, 0) is 26.9 Å². The van der Waals surface area contributed by atoms with Gasteiger partial charge in [0.05, 0.1) is 0 Å². The number of benzene rings is 1. The summed E-state index contributed by atoms with van der Waals surface area (Å²) in [5.41, 5.74) is 2.83. The highest BCUT2D eigenvalue weighted by Crippen LogP contribution is 2.26. The van der Waals surface area contributed by atoms with Crippen LogP contribution in [0.3, 0.4) is 0 Å². The maximum absolute atomic E-state index is 12.3. The summed E-state index contributed by atoms with van der Waals surface area (Å²) in [7, 11) is 0. The second-order valence-electron chi connectivity index (χ2n) is 5.29. The number of ketones is 1. The van der Waals surface area contributed by atoms with Crippen molar-refractivity contribution in [2.45, 2.75) is 26.2 Å². The maximum atomic E-state index is 12.3. The van der Waals surface area contributed by atoms with E-state index in [4.69, 9.17) is 0 Å². The minimum atomic E-state index is 0.0728. The number of thiophene rings is 1. The van der Waals surface area contributed by atoms with Gasteiger partial charge in [-0.1, -0.05) is 45.0 Å². The van der Waals surface area contributed by atoms with Crippen LogP contribution < -0.4 is 0 Å². The van der Waals surface area contributed by atoms with Gasteiger partial charge in [0.2, 0.25) is 0 Å². The molecular formula is C15H15BrOS. The zero-order valence-electron chi connectivity index (χ0n) is 10.7. The molecule has 0 unspecified atom stereocenters. The minimum Gasteiger partial charge on any atom is -0.289 e. The highest BCUT2D eigenvalue weighted by molar-refractivity contribution is 9.10. The SMILES string of the molecule is CC(C)(C)c1ccc(C(=O)c2cscc2Br)cc1. The molecule has 2 rings (SSSR count). The lowest BCUT2D eigenvalue weighted by Gasteiger charge is -2.18. The molecule has 1 heterocycles. The first-order chi connectivity index (χ1) is 8.39. The second-order valence-corrected chi connectivity index (χ2v) is 6.89. The third kappa shape index (κ3) is 2.73. The van der Waals surface area contributed by atoms with Crippen molar-refractivity contribution in [3.05, 3.63) is 56.2 Å². The molecule has 0 aliphatic rings. The Labute approximate surface area is 120 Å². The van der Waals surface area contributed by atoms with Crippen LogP contribution in [0.2, 0.25) is 0 Å². The highest BCUT2D eigenvalue weighted by Gasteiger charge is 2.16. The Morgan fingerprint density at radius 2 is 1.72 bits per heavy atom. The lowest BCUT2D eigenvalue weighted by molar-refractivity contribution is 0.103. The van der Waals surface area contributed by atoms with E-state index in [1.165, 1.54) is 16.9 Å². The van der Waals surface area contributed by atoms with Crippen molar-refractivity contribution >= 4 is 33.0 Å². The second kappa shape index (κ2) is 4.98. The lowest BCUT2D eigenvalue weighted by atomic mass is 9.86. The largest absolute Gasteiger partial charge is 0.289 e. The van der Waals surface area contributed by atoms with Crippen LogP contribution in [-0.4, -0.2) is 5.78 Å². The van der Waals surface area contributed by atoms with E-state index in [1.807, 2.05) is 35.0 Å². The Kier molecular flexibility index (Phi) is 3.74. The van der Waals surface area contributed by atoms with Gasteiger partial charge in [-0.25, -0.2) is 0 Å². The molecular weight excluding hydrogens is 308 g/mol. The smallest absolute Gasteiger partial charge is 0.194 e. The van der Waals surface area contributed by atoms with Gasteiger partial charge in [0, 0.05) is 26.4 Å². The topological polar surface area (TPSA) is 17.1 Å². The van der Waals surface area contributed by atoms with Gasteiger partial charge in [0.25, 0.3) is 0 Å². The molecule has 0 spiro atoms. The van der Waals surface area contributed by atoms with Crippen LogP contribution >= 0.6 is 27.3 Å². The van der Waals surface area contributed by atoms with E-state index in [0.29, 0.717) is 0 Å². The molecule has 0 aliphatic heterocycles. The zero-order valence-corrected chi connectivity index (χ0v) is 13.1. The van der Waals surface area contributed by atoms with Gasteiger partial charge in [-0.3, -0.25) is 4.79 Å². The summed E-state index contributed by atoms with van der Waals surface area (Å²) in [6, 6.07) is 7.89. The van der Waals surface area contributed by atoms with Crippen LogP contribution in [0, 0.1) is 0 Å². The van der Waals surface area contributed by atoms with Crippen LogP contribution in [0.25, 0.3) is 0 Å². The predicted octanol–water partition coefficient (Wildman–Crippen LogP) is 5.04. The quantitative estimate of drug-likeness (QED) is 0.708. The molecule has 2 aromatic rings. The molecule has 3 heteroatoms. The van der Waals surface area contributed by atoms with Crippen molar-refractivity contribution in [1.82, 2.24) is 0 Å². The Morgan fingerprint density at radius 3 is 2.17 bits per heavy atom. The molecule has 0 N–H and O–H groups in total. The van der Waals surface area contributed by atoms with E-state index in [2.05, 4.69) is 36.7 Å². The Bertz CT molecular complexity index is 561. The number of halogens is 1. The van der Waals surface area contributed by atoms with Crippen LogP contribution in [0.5, 0.6) is 0 Å². The molecule has 0 fully saturated rings. The molecule has 0 aliphatic carbocycles. The van der Waals surface area contributed by atoms with Crippen LogP contribution in [-0.2, 0) is 5.41 Å². The number of hydrogen-bond donors (Lipinski definition) is 0. The van der Waals surface area contributed by atoms with Crippen molar-refractivity contribution in [1.29, 1.82) is 0 Å². The molecule has 1 aromatic carbocycles. The highest BCUT2D eigenvalue weighted by atomic mass is 79.9. The summed E-state index contributed by atoms with van der Waals surface area (Å²) in [6.07, 6.45) is 0. The fourth-order valence-electron chi connectivity index (χ4n) is 1.72. The fourth-order valence-corrected chi connectivity index (χ4v) is 3.18. The molecule has 0 amide bonds. The van der Waals surface area contributed by atoms with Crippen molar-refractivity contribution in [2.24, 2.45) is 0 Å². The third-order valence-corrected chi connectivity index (χ3v) is 4.58. The predicted molar refractivity (Wildman–Crippen MR) is 80.6 cm³/mol. The summed E-state index contributed by atoms with van der Waals surface area (Å²) < 4.78 is 0.873. The first-order valence-corrected chi connectivity index (χ1v) is 7.50. The van der Waals surface area contributed by atoms with Gasteiger partial charge in [-0.15, -0.1) is 0 Å². The maximum Gasteiger partial charge on any atom is 0.194 e. The van der Waals surface area contributed by atoms with Gasteiger partial charge >= 0.3 is 0 Å². The summed E-state index contributed by atoms with van der Waals surface area (Å²) >= 11 is 4.93. The average molecular weight is 323 g/mol. The Morgan fingerprint density at radius 1 is 1.11 bits per heavy atom. The Balaban J connectivity index is 2.31. The normalized spacial score (nSPS) is 11.6. The van der Waals surface area contributed by atoms with Gasteiger partial charge in [-0.2, -0.15) is 11.3 Å². The number of carbonyl (C=O) groups is 1. The van der Waals surface area contributed by atoms with E-state index >= 15 is 0 Å². The van der Waals surface area contributed by atoms with Gasteiger partial charge < -0.3 is 0 Å². The zero-order chi connectivity index (χ0) is 13.3. The van der Waals surface area contributed by atoms with E-state index < -0.39 is 0 Å². The third-order valence-electron chi connectivity index (χ3n) is 2.87. The minimum absolute atomic E-state index is 0.0728. The first-order valence-electron chi connectivity index (χ1n) is 5.76. The Hall–Kier alpha value is -0.930. The van der Waals surface area contributed by atoms with E-state index in [0.717, 1.165) is 15.6 Å². The van der Waals surface area contributed by atoms with Crippen molar-refractivity contribution in [3.8, 4) is 0 Å². The van der Waals surface area contributed by atoms with Gasteiger partial charge in [0.15, 0.2) is 5.78 Å². The number of hydrogen-bond acceptors (Lipinski definition) is 2.